The van der Waals surface area contributed by atoms with Gasteiger partial charge in [0.15, 0.2) is 0 Å². The van der Waals surface area contributed by atoms with Crippen molar-refractivity contribution in [3.05, 3.63) is 33.9 Å². The van der Waals surface area contributed by atoms with Gasteiger partial charge in [0.2, 0.25) is 0 Å². The van der Waals surface area contributed by atoms with Crippen LogP contribution in [0.15, 0.2) is 18.2 Å². The number of carbonyl (C=O) groups is 1. The first-order chi connectivity index (χ1) is 13.0. The van der Waals surface area contributed by atoms with Gasteiger partial charge >= 0.3 is 0 Å². The fourth-order valence-corrected chi connectivity index (χ4v) is 5.84. The highest BCUT2D eigenvalue weighted by molar-refractivity contribution is 5.96. The van der Waals surface area contributed by atoms with E-state index in [-0.39, 0.29) is 17.1 Å². The third-order valence-electron chi connectivity index (χ3n) is 6.50. The van der Waals surface area contributed by atoms with Crippen LogP contribution in [-0.2, 0) is 4.74 Å². The van der Waals surface area contributed by atoms with Crippen LogP contribution in [0.4, 0.5) is 11.4 Å². The lowest BCUT2D eigenvalue weighted by Crippen LogP contribution is -2.59. The van der Waals surface area contributed by atoms with Crippen molar-refractivity contribution in [2.45, 2.75) is 44.1 Å². The van der Waals surface area contributed by atoms with Crippen LogP contribution in [0.1, 0.15) is 48.9 Å². The van der Waals surface area contributed by atoms with E-state index < -0.39 is 4.92 Å². The molecule has 0 aromatic heterocycles. The average molecular weight is 373 g/mol. The smallest absolute Gasteiger partial charge is 0.293 e. The first kappa shape index (κ1) is 18.2. The SMILES string of the molecule is COCCNc1ccc(C(=O)NC23CC4CC(CC(C4)C2)C3)cc1[N+](=O)[O-]. The van der Waals surface area contributed by atoms with Gasteiger partial charge in [0.1, 0.15) is 5.69 Å². The minimum Gasteiger partial charge on any atom is -0.383 e. The number of anilines is 1. The van der Waals surface area contributed by atoms with Crippen molar-refractivity contribution in [3.8, 4) is 0 Å². The molecular formula is C20H27N3O4. The Morgan fingerprint density at radius 3 is 2.41 bits per heavy atom. The Morgan fingerprint density at radius 2 is 1.85 bits per heavy atom. The van der Waals surface area contributed by atoms with Crippen molar-refractivity contribution in [2.75, 3.05) is 25.6 Å². The molecule has 1 aromatic rings. The van der Waals surface area contributed by atoms with Crippen molar-refractivity contribution in [1.82, 2.24) is 5.32 Å². The van der Waals surface area contributed by atoms with Crippen LogP contribution in [0.5, 0.6) is 0 Å². The van der Waals surface area contributed by atoms with E-state index in [0.717, 1.165) is 37.0 Å². The largest absolute Gasteiger partial charge is 0.383 e. The minimum atomic E-state index is -0.448. The molecule has 0 saturated heterocycles. The maximum Gasteiger partial charge on any atom is 0.293 e. The summed E-state index contributed by atoms with van der Waals surface area (Å²) in [6.07, 6.45) is 7.10. The molecule has 1 amide bonds. The minimum absolute atomic E-state index is 0.0794. The molecule has 0 heterocycles. The lowest BCUT2D eigenvalue weighted by atomic mass is 9.53. The van der Waals surface area contributed by atoms with E-state index in [1.54, 1.807) is 19.2 Å². The Morgan fingerprint density at radius 1 is 1.22 bits per heavy atom. The predicted octanol–water partition coefficient (Wildman–Crippen LogP) is 3.35. The predicted molar refractivity (Wildman–Crippen MR) is 102 cm³/mol. The second-order valence-corrected chi connectivity index (χ2v) is 8.56. The van der Waals surface area contributed by atoms with Gasteiger partial charge in [0, 0.05) is 30.8 Å². The summed E-state index contributed by atoms with van der Waals surface area (Å²) in [7, 11) is 1.58. The van der Waals surface area contributed by atoms with Crippen molar-refractivity contribution in [1.29, 1.82) is 0 Å². The van der Waals surface area contributed by atoms with E-state index in [4.69, 9.17) is 4.74 Å². The number of rotatable bonds is 7. The molecule has 7 nitrogen and oxygen atoms in total. The molecule has 4 saturated carbocycles. The molecule has 4 aliphatic rings. The second-order valence-electron chi connectivity index (χ2n) is 8.56. The molecule has 0 spiro atoms. The van der Waals surface area contributed by atoms with Gasteiger partial charge in [0.05, 0.1) is 11.5 Å². The average Bonchev–Trinajstić information content (AvgIpc) is 2.60. The fraction of sp³-hybridized carbons (Fsp3) is 0.650. The maximum atomic E-state index is 12.9. The van der Waals surface area contributed by atoms with Gasteiger partial charge in [-0.2, -0.15) is 0 Å². The van der Waals surface area contributed by atoms with Crippen LogP contribution in [-0.4, -0.2) is 36.6 Å². The molecule has 27 heavy (non-hydrogen) atoms. The molecule has 7 heteroatoms. The summed E-state index contributed by atoms with van der Waals surface area (Å²) in [5.74, 6) is 2.01. The van der Waals surface area contributed by atoms with Crippen molar-refractivity contribution < 1.29 is 14.5 Å². The highest BCUT2D eigenvalue weighted by Gasteiger charge is 2.51. The lowest BCUT2D eigenvalue weighted by molar-refractivity contribution is -0.384. The number of nitro benzene ring substituents is 1. The summed E-state index contributed by atoms with van der Waals surface area (Å²) in [4.78, 5) is 23.9. The first-order valence-corrected chi connectivity index (χ1v) is 9.82. The van der Waals surface area contributed by atoms with Gasteiger partial charge < -0.3 is 15.4 Å². The van der Waals surface area contributed by atoms with Crippen LogP contribution in [0.2, 0.25) is 0 Å². The Kier molecular flexibility index (Phi) is 4.80. The molecule has 2 N–H and O–H groups in total. The monoisotopic (exact) mass is 373 g/mol. The third-order valence-corrected chi connectivity index (χ3v) is 6.50. The number of benzene rings is 1. The number of nitrogens with zero attached hydrogens (tertiary/aromatic N) is 1. The highest BCUT2D eigenvalue weighted by atomic mass is 16.6. The van der Waals surface area contributed by atoms with Crippen LogP contribution in [0, 0.1) is 27.9 Å². The van der Waals surface area contributed by atoms with Crippen LogP contribution in [0.25, 0.3) is 0 Å². The molecule has 1 aromatic carbocycles. The summed E-state index contributed by atoms with van der Waals surface area (Å²) in [6, 6.07) is 4.66. The van der Waals surface area contributed by atoms with E-state index in [1.807, 2.05) is 0 Å². The number of methoxy groups -OCH3 is 1. The van der Waals surface area contributed by atoms with Gasteiger partial charge in [-0.3, -0.25) is 14.9 Å². The van der Waals surface area contributed by atoms with Crippen LogP contribution >= 0.6 is 0 Å². The summed E-state index contributed by atoms with van der Waals surface area (Å²) < 4.78 is 4.96. The maximum absolute atomic E-state index is 12.9. The van der Waals surface area contributed by atoms with Crippen LogP contribution < -0.4 is 10.6 Å². The molecule has 0 aliphatic heterocycles. The molecule has 0 atom stereocenters. The molecule has 5 rings (SSSR count). The first-order valence-electron chi connectivity index (χ1n) is 9.82. The van der Waals surface area contributed by atoms with E-state index in [1.165, 1.54) is 25.3 Å². The van der Waals surface area contributed by atoms with E-state index >= 15 is 0 Å². The summed E-state index contributed by atoms with van der Waals surface area (Å²) >= 11 is 0. The molecule has 146 valence electrons. The van der Waals surface area contributed by atoms with E-state index in [0.29, 0.717) is 24.4 Å². The quantitative estimate of drug-likeness (QED) is 0.434. The van der Waals surface area contributed by atoms with Crippen LogP contribution in [0.3, 0.4) is 0 Å². The topological polar surface area (TPSA) is 93.5 Å². The Labute approximate surface area is 159 Å². The van der Waals surface area contributed by atoms with Crippen molar-refractivity contribution >= 4 is 17.3 Å². The third kappa shape index (κ3) is 3.65. The zero-order valence-electron chi connectivity index (χ0n) is 15.7. The molecular weight excluding hydrogens is 346 g/mol. The van der Waals surface area contributed by atoms with Crippen molar-refractivity contribution in [3.63, 3.8) is 0 Å². The van der Waals surface area contributed by atoms with E-state index in [2.05, 4.69) is 10.6 Å². The van der Waals surface area contributed by atoms with Gasteiger partial charge in [-0.1, -0.05) is 0 Å². The number of amides is 1. The summed E-state index contributed by atoms with van der Waals surface area (Å²) in [6.45, 7) is 0.918. The van der Waals surface area contributed by atoms with Gasteiger partial charge in [-0.05, 0) is 68.4 Å². The zero-order chi connectivity index (χ0) is 19.0. The fourth-order valence-electron chi connectivity index (χ4n) is 5.84. The standard InChI is InChI=1S/C20H27N3O4/c1-27-5-4-21-17-3-2-16(9-18(17)23(25)26)19(24)22-20-10-13-6-14(11-20)8-15(7-13)12-20/h2-3,9,13-15,21H,4-8,10-12H2,1H3,(H,22,24). The molecule has 0 unspecified atom stereocenters. The Hall–Kier alpha value is -2.15. The molecule has 4 bridgehead atoms. The number of ether oxygens (including phenoxy) is 1. The molecule has 4 aliphatic carbocycles. The molecule has 4 fully saturated rings. The lowest BCUT2D eigenvalue weighted by Gasteiger charge is -2.56. The van der Waals surface area contributed by atoms with Gasteiger partial charge in [-0.15, -0.1) is 0 Å². The number of hydrogen-bond acceptors (Lipinski definition) is 5. The number of nitrogens with one attached hydrogen (secondary N) is 2. The number of nitro groups is 1. The van der Waals surface area contributed by atoms with Gasteiger partial charge in [-0.25, -0.2) is 0 Å². The summed E-state index contributed by atoms with van der Waals surface area (Å²) in [5, 5.41) is 17.7. The number of hydrogen-bond donors (Lipinski definition) is 2. The van der Waals surface area contributed by atoms with E-state index in [9.17, 15) is 14.9 Å². The Bertz CT molecular complexity index is 713. The summed E-state index contributed by atoms with van der Waals surface area (Å²) in [5.41, 5.74) is 0.582. The second kappa shape index (κ2) is 7.11. The highest BCUT2D eigenvalue weighted by Crippen LogP contribution is 2.55. The number of carbonyl (C=O) groups excluding carboxylic acids is 1. The Balaban J connectivity index is 1.50. The zero-order valence-corrected chi connectivity index (χ0v) is 15.7. The van der Waals surface area contributed by atoms with Crippen molar-refractivity contribution in [2.24, 2.45) is 17.8 Å². The van der Waals surface area contributed by atoms with Gasteiger partial charge in [0.25, 0.3) is 11.6 Å². The molecule has 0 radical (unpaired) electrons. The normalized spacial score (nSPS) is 30.9.